The molecule has 0 heterocycles. The molecule has 0 radical (unpaired) electrons. The second-order valence-corrected chi connectivity index (χ2v) is 6.70. The van der Waals surface area contributed by atoms with E-state index in [0.717, 1.165) is 6.42 Å². The van der Waals surface area contributed by atoms with Crippen molar-refractivity contribution in [3.05, 3.63) is 0 Å². The lowest BCUT2D eigenvalue weighted by Crippen LogP contribution is -2.54. The number of ether oxygens (including phenoxy) is 1. The fourth-order valence-corrected chi connectivity index (χ4v) is 3.37. The van der Waals surface area contributed by atoms with Crippen molar-refractivity contribution in [2.45, 2.75) is 108 Å². The van der Waals surface area contributed by atoms with Crippen LogP contribution in [0.1, 0.15) is 96.8 Å². The van der Waals surface area contributed by atoms with Gasteiger partial charge in [-0.1, -0.05) is 71.1 Å². The Labute approximate surface area is 126 Å². The predicted octanol–water partition coefficient (Wildman–Crippen LogP) is 5.19. The minimum atomic E-state index is 0.0410. The van der Waals surface area contributed by atoms with Crippen molar-refractivity contribution < 1.29 is 4.74 Å². The van der Waals surface area contributed by atoms with Gasteiger partial charge in [0, 0.05) is 13.2 Å². The van der Waals surface area contributed by atoms with Crippen LogP contribution in [0, 0.1) is 0 Å². The Kier molecular flexibility index (Phi) is 9.54. The van der Waals surface area contributed by atoms with Crippen LogP contribution >= 0.6 is 0 Å². The first-order valence-electron chi connectivity index (χ1n) is 9.06. The number of methoxy groups -OCH3 is 1. The third kappa shape index (κ3) is 6.13. The zero-order chi connectivity index (χ0) is 14.7. The van der Waals surface area contributed by atoms with E-state index < -0.39 is 0 Å². The topological polar surface area (TPSA) is 35.2 Å². The maximum atomic E-state index is 6.31. The average molecular weight is 284 g/mol. The van der Waals surface area contributed by atoms with E-state index in [0.29, 0.717) is 0 Å². The molecule has 0 spiro atoms. The summed E-state index contributed by atoms with van der Waals surface area (Å²) in [7, 11) is 1.83. The van der Waals surface area contributed by atoms with Gasteiger partial charge in [0.05, 0.1) is 5.60 Å². The number of hydrogen-bond acceptors (Lipinski definition) is 2. The molecule has 2 nitrogen and oxygen atoms in total. The summed E-state index contributed by atoms with van der Waals surface area (Å²) in [6, 6.07) is 0.260. The highest BCUT2D eigenvalue weighted by atomic mass is 16.5. The third-order valence-corrected chi connectivity index (χ3v) is 5.15. The lowest BCUT2D eigenvalue weighted by Gasteiger charge is -2.45. The SMILES string of the molecule is CCCCCCCCCCCCC(N)C1(OC)CCC1. The van der Waals surface area contributed by atoms with Crippen LogP contribution in [0.2, 0.25) is 0 Å². The molecule has 1 atom stereocenters. The molecular formula is C18H37NO. The van der Waals surface area contributed by atoms with Crippen molar-refractivity contribution in [1.29, 1.82) is 0 Å². The molecule has 0 aromatic rings. The number of nitrogens with two attached hydrogens (primary N) is 1. The van der Waals surface area contributed by atoms with Crippen LogP contribution in [0.15, 0.2) is 0 Å². The summed E-state index contributed by atoms with van der Waals surface area (Å²) < 4.78 is 5.65. The van der Waals surface area contributed by atoms with Crippen LogP contribution in [0.4, 0.5) is 0 Å². The van der Waals surface area contributed by atoms with E-state index in [1.165, 1.54) is 83.5 Å². The summed E-state index contributed by atoms with van der Waals surface area (Å²) in [5.41, 5.74) is 6.35. The molecule has 1 unspecified atom stereocenters. The maximum absolute atomic E-state index is 6.31. The largest absolute Gasteiger partial charge is 0.377 e. The molecule has 20 heavy (non-hydrogen) atoms. The molecule has 1 saturated carbocycles. The first kappa shape index (κ1) is 18.0. The smallest absolute Gasteiger partial charge is 0.0828 e. The van der Waals surface area contributed by atoms with Crippen LogP contribution in [-0.4, -0.2) is 18.8 Å². The van der Waals surface area contributed by atoms with Crippen molar-refractivity contribution in [2.75, 3.05) is 7.11 Å². The van der Waals surface area contributed by atoms with E-state index in [9.17, 15) is 0 Å². The van der Waals surface area contributed by atoms with Crippen LogP contribution in [0.25, 0.3) is 0 Å². The Balaban J connectivity index is 1.87. The van der Waals surface area contributed by atoms with Crippen LogP contribution in [-0.2, 0) is 4.74 Å². The third-order valence-electron chi connectivity index (χ3n) is 5.15. The molecule has 0 aromatic heterocycles. The quantitative estimate of drug-likeness (QED) is 0.472. The molecule has 1 rings (SSSR count). The van der Waals surface area contributed by atoms with Gasteiger partial charge in [-0.15, -0.1) is 0 Å². The zero-order valence-electron chi connectivity index (χ0n) is 14.0. The summed E-state index contributed by atoms with van der Waals surface area (Å²) >= 11 is 0. The van der Waals surface area contributed by atoms with Crippen molar-refractivity contribution >= 4 is 0 Å². The number of unbranched alkanes of at least 4 members (excludes halogenated alkanes) is 9. The van der Waals surface area contributed by atoms with Crippen LogP contribution in [0.5, 0.6) is 0 Å². The minimum Gasteiger partial charge on any atom is -0.377 e. The highest BCUT2D eigenvalue weighted by Crippen LogP contribution is 2.38. The molecule has 1 aliphatic rings. The summed E-state index contributed by atoms with van der Waals surface area (Å²) in [4.78, 5) is 0. The van der Waals surface area contributed by atoms with Gasteiger partial charge in [-0.05, 0) is 25.7 Å². The summed E-state index contributed by atoms with van der Waals surface area (Å²) in [5, 5.41) is 0. The molecule has 0 bridgehead atoms. The average Bonchev–Trinajstić information content (AvgIpc) is 2.40. The van der Waals surface area contributed by atoms with Crippen LogP contribution < -0.4 is 5.73 Å². The van der Waals surface area contributed by atoms with E-state index in [-0.39, 0.29) is 11.6 Å². The molecule has 0 aromatic carbocycles. The Morgan fingerprint density at radius 1 is 0.900 bits per heavy atom. The molecule has 2 heteroatoms. The van der Waals surface area contributed by atoms with Gasteiger partial charge in [0.1, 0.15) is 0 Å². The first-order chi connectivity index (χ1) is 9.75. The highest BCUT2D eigenvalue weighted by molar-refractivity contribution is 4.97. The van der Waals surface area contributed by atoms with E-state index in [4.69, 9.17) is 10.5 Å². The molecule has 1 aliphatic carbocycles. The normalized spacial score (nSPS) is 18.8. The summed E-state index contributed by atoms with van der Waals surface area (Å²) in [5.74, 6) is 0. The van der Waals surface area contributed by atoms with Crippen molar-refractivity contribution in [3.8, 4) is 0 Å². The van der Waals surface area contributed by atoms with Crippen molar-refractivity contribution in [2.24, 2.45) is 5.73 Å². The molecule has 1 fully saturated rings. The lowest BCUT2D eigenvalue weighted by atomic mass is 9.73. The van der Waals surface area contributed by atoms with E-state index in [1.807, 2.05) is 7.11 Å². The van der Waals surface area contributed by atoms with Gasteiger partial charge in [-0.3, -0.25) is 0 Å². The molecule has 0 amide bonds. The fraction of sp³-hybridized carbons (Fsp3) is 1.00. The van der Waals surface area contributed by atoms with Crippen molar-refractivity contribution in [1.82, 2.24) is 0 Å². The zero-order valence-corrected chi connectivity index (χ0v) is 14.0. The Hall–Kier alpha value is -0.0800. The molecule has 2 N–H and O–H groups in total. The molecule has 0 aliphatic heterocycles. The molecule has 120 valence electrons. The van der Waals surface area contributed by atoms with Gasteiger partial charge in [0.15, 0.2) is 0 Å². The van der Waals surface area contributed by atoms with Crippen LogP contribution in [0.3, 0.4) is 0 Å². The van der Waals surface area contributed by atoms with Gasteiger partial charge in [0.25, 0.3) is 0 Å². The fourth-order valence-electron chi connectivity index (χ4n) is 3.37. The van der Waals surface area contributed by atoms with E-state index in [1.54, 1.807) is 0 Å². The van der Waals surface area contributed by atoms with Gasteiger partial charge in [-0.25, -0.2) is 0 Å². The summed E-state index contributed by atoms with van der Waals surface area (Å²) in [6.07, 6.45) is 18.7. The van der Waals surface area contributed by atoms with Crippen molar-refractivity contribution in [3.63, 3.8) is 0 Å². The first-order valence-corrected chi connectivity index (χ1v) is 9.06. The highest BCUT2D eigenvalue weighted by Gasteiger charge is 2.42. The van der Waals surface area contributed by atoms with E-state index >= 15 is 0 Å². The predicted molar refractivity (Wildman–Crippen MR) is 88.0 cm³/mol. The monoisotopic (exact) mass is 283 g/mol. The maximum Gasteiger partial charge on any atom is 0.0828 e. The second kappa shape index (κ2) is 10.6. The number of hydrogen-bond donors (Lipinski definition) is 1. The Morgan fingerprint density at radius 3 is 1.80 bits per heavy atom. The second-order valence-electron chi connectivity index (χ2n) is 6.70. The Morgan fingerprint density at radius 2 is 1.40 bits per heavy atom. The van der Waals surface area contributed by atoms with Gasteiger partial charge in [0.2, 0.25) is 0 Å². The van der Waals surface area contributed by atoms with E-state index in [2.05, 4.69) is 6.92 Å². The van der Waals surface area contributed by atoms with Gasteiger partial charge in [-0.2, -0.15) is 0 Å². The molecule has 0 saturated heterocycles. The minimum absolute atomic E-state index is 0.0410. The standard InChI is InChI=1S/C18H37NO/c1-3-4-5-6-7-8-9-10-11-12-14-17(19)18(20-2)15-13-16-18/h17H,3-16,19H2,1-2H3. The van der Waals surface area contributed by atoms with Gasteiger partial charge >= 0.3 is 0 Å². The lowest BCUT2D eigenvalue weighted by molar-refractivity contribution is -0.0917. The summed E-state index contributed by atoms with van der Waals surface area (Å²) in [6.45, 7) is 2.28. The van der Waals surface area contributed by atoms with Gasteiger partial charge < -0.3 is 10.5 Å². The number of rotatable bonds is 13. The Bertz CT molecular complexity index is 220. The molecular weight excluding hydrogens is 246 g/mol.